The first kappa shape index (κ1) is 17.1. The number of nitrogens with one attached hydrogen (secondary N) is 2. The quantitative estimate of drug-likeness (QED) is 0.597. The van der Waals surface area contributed by atoms with Crippen molar-refractivity contribution in [2.24, 2.45) is 0 Å². The molecule has 1 atom stereocenters. The zero-order chi connectivity index (χ0) is 16.5. The van der Waals surface area contributed by atoms with E-state index in [4.69, 9.17) is 9.47 Å². The maximum atomic E-state index is 12.0. The van der Waals surface area contributed by atoms with Gasteiger partial charge >= 0.3 is 0 Å². The first-order valence-corrected chi connectivity index (χ1v) is 8.18. The van der Waals surface area contributed by atoms with Crippen LogP contribution in [0.1, 0.15) is 45.4 Å². The number of amides is 2. The lowest BCUT2D eigenvalue weighted by atomic mass is 10.1. The third-order valence-corrected chi connectivity index (χ3v) is 3.63. The Balaban J connectivity index is 1.66. The molecule has 2 N–H and O–H groups in total. The van der Waals surface area contributed by atoms with Crippen LogP contribution in [0.4, 0.5) is 0 Å². The number of hydrogen-bond acceptors (Lipinski definition) is 4. The van der Waals surface area contributed by atoms with E-state index in [0.717, 1.165) is 19.3 Å². The van der Waals surface area contributed by atoms with Gasteiger partial charge in [-0.2, -0.15) is 0 Å². The Hall–Kier alpha value is -2.24. The number of fused-ring (bicyclic) bond motifs is 1. The van der Waals surface area contributed by atoms with Gasteiger partial charge in [-0.05, 0) is 18.6 Å². The van der Waals surface area contributed by atoms with Crippen molar-refractivity contribution < 1.29 is 19.1 Å². The van der Waals surface area contributed by atoms with Gasteiger partial charge in [0.15, 0.2) is 11.5 Å². The van der Waals surface area contributed by atoms with Crippen molar-refractivity contribution in [1.82, 2.24) is 10.9 Å². The Morgan fingerprint density at radius 1 is 1.09 bits per heavy atom. The molecule has 126 valence electrons. The van der Waals surface area contributed by atoms with Gasteiger partial charge in [-0.1, -0.05) is 44.7 Å². The summed E-state index contributed by atoms with van der Waals surface area (Å²) >= 11 is 0. The highest BCUT2D eigenvalue weighted by Crippen LogP contribution is 2.30. The minimum atomic E-state index is -0.769. The molecule has 6 heteroatoms. The van der Waals surface area contributed by atoms with Crippen LogP contribution in [0, 0.1) is 0 Å². The Kier molecular flexibility index (Phi) is 6.72. The molecule has 0 fully saturated rings. The van der Waals surface area contributed by atoms with Crippen molar-refractivity contribution in [3.63, 3.8) is 0 Å². The van der Waals surface area contributed by atoms with E-state index in [2.05, 4.69) is 17.8 Å². The highest BCUT2D eigenvalue weighted by molar-refractivity contribution is 5.85. The lowest BCUT2D eigenvalue weighted by Crippen LogP contribution is -2.50. The highest BCUT2D eigenvalue weighted by atomic mass is 16.6. The number of para-hydroxylation sites is 2. The summed E-state index contributed by atoms with van der Waals surface area (Å²) in [4.78, 5) is 23.7. The molecule has 1 aromatic carbocycles. The molecule has 1 aliphatic heterocycles. The Labute approximate surface area is 136 Å². The number of ether oxygens (including phenoxy) is 2. The first-order chi connectivity index (χ1) is 11.2. The summed E-state index contributed by atoms with van der Waals surface area (Å²) in [5.41, 5.74) is 4.81. The van der Waals surface area contributed by atoms with E-state index < -0.39 is 12.0 Å². The van der Waals surface area contributed by atoms with Gasteiger partial charge in [0, 0.05) is 6.42 Å². The van der Waals surface area contributed by atoms with Gasteiger partial charge in [-0.25, -0.2) is 0 Å². The van der Waals surface area contributed by atoms with Crippen LogP contribution in [-0.4, -0.2) is 24.5 Å². The van der Waals surface area contributed by atoms with Crippen molar-refractivity contribution in [3.05, 3.63) is 24.3 Å². The zero-order valence-electron chi connectivity index (χ0n) is 13.5. The summed E-state index contributed by atoms with van der Waals surface area (Å²) in [7, 11) is 0. The number of hydrogen-bond donors (Lipinski definition) is 2. The minimum absolute atomic E-state index is 0.121. The van der Waals surface area contributed by atoms with Gasteiger partial charge in [0.1, 0.15) is 6.61 Å². The second-order valence-electron chi connectivity index (χ2n) is 5.57. The monoisotopic (exact) mass is 320 g/mol. The number of carbonyl (C=O) groups is 2. The molecule has 1 unspecified atom stereocenters. The summed E-state index contributed by atoms with van der Waals surface area (Å²) in [6.07, 6.45) is 5.02. The van der Waals surface area contributed by atoms with Gasteiger partial charge in [0.25, 0.3) is 5.91 Å². The zero-order valence-corrected chi connectivity index (χ0v) is 13.5. The van der Waals surface area contributed by atoms with Crippen LogP contribution in [0.3, 0.4) is 0 Å². The van der Waals surface area contributed by atoms with E-state index in [0.29, 0.717) is 17.9 Å². The molecule has 0 spiro atoms. The summed E-state index contributed by atoms with van der Waals surface area (Å²) < 4.78 is 11.0. The molecule has 0 radical (unpaired) electrons. The largest absolute Gasteiger partial charge is 0.485 e. The average molecular weight is 320 g/mol. The van der Waals surface area contributed by atoms with E-state index in [1.54, 1.807) is 12.1 Å². The fraction of sp³-hybridized carbons (Fsp3) is 0.529. The number of carbonyl (C=O) groups excluding carboxylic acids is 2. The maximum Gasteiger partial charge on any atom is 0.283 e. The lowest BCUT2D eigenvalue weighted by Gasteiger charge is -2.25. The Morgan fingerprint density at radius 3 is 2.61 bits per heavy atom. The normalized spacial score (nSPS) is 15.8. The fourth-order valence-corrected chi connectivity index (χ4v) is 2.31. The number of benzene rings is 1. The average Bonchev–Trinajstić information content (AvgIpc) is 2.59. The molecule has 1 aliphatic rings. The van der Waals surface area contributed by atoms with Crippen molar-refractivity contribution >= 4 is 11.8 Å². The molecular formula is C17H24N2O4. The van der Waals surface area contributed by atoms with Crippen LogP contribution < -0.4 is 20.3 Å². The molecule has 6 nitrogen and oxygen atoms in total. The molecule has 1 heterocycles. The molecule has 0 saturated heterocycles. The van der Waals surface area contributed by atoms with E-state index in [1.807, 2.05) is 12.1 Å². The maximum absolute atomic E-state index is 12.0. The summed E-state index contributed by atoms with van der Waals surface area (Å²) in [5.74, 6) is 0.541. The molecule has 1 aromatic rings. The Morgan fingerprint density at radius 2 is 1.83 bits per heavy atom. The van der Waals surface area contributed by atoms with Crippen LogP contribution in [-0.2, 0) is 9.59 Å². The van der Waals surface area contributed by atoms with Crippen LogP contribution in [0.5, 0.6) is 11.5 Å². The van der Waals surface area contributed by atoms with E-state index in [9.17, 15) is 9.59 Å². The molecular weight excluding hydrogens is 296 g/mol. The number of hydrazine groups is 1. The Bertz CT molecular complexity index is 533. The predicted molar refractivity (Wildman–Crippen MR) is 86.0 cm³/mol. The molecule has 23 heavy (non-hydrogen) atoms. The van der Waals surface area contributed by atoms with Crippen LogP contribution in [0.15, 0.2) is 24.3 Å². The van der Waals surface area contributed by atoms with Crippen LogP contribution in [0.25, 0.3) is 0 Å². The van der Waals surface area contributed by atoms with Crippen molar-refractivity contribution in [2.75, 3.05) is 6.61 Å². The summed E-state index contributed by atoms with van der Waals surface area (Å²) in [6, 6.07) is 7.17. The predicted octanol–water partition coefficient (Wildman–Crippen LogP) is 2.33. The third-order valence-electron chi connectivity index (χ3n) is 3.63. The third kappa shape index (κ3) is 5.47. The second kappa shape index (κ2) is 9.02. The van der Waals surface area contributed by atoms with E-state index in [-0.39, 0.29) is 12.5 Å². The molecule has 0 aliphatic carbocycles. The first-order valence-electron chi connectivity index (χ1n) is 8.18. The summed E-state index contributed by atoms with van der Waals surface area (Å²) in [5, 5.41) is 0. The van der Waals surface area contributed by atoms with Gasteiger partial charge in [-0.15, -0.1) is 0 Å². The fourth-order valence-electron chi connectivity index (χ4n) is 2.31. The van der Waals surface area contributed by atoms with Crippen LogP contribution >= 0.6 is 0 Å². The van der Waals surface area contributed by atoms with E-state index in [1.165, 1.54) is 12.8 Å². The molecule has 0 bridgehead atoms. The molecule has 0 aromatic heterocycles. The molecule has 0 saturated carbocycles. The topological polar surface area (TPSA) is 76.7 Å². The second-order valence-corrected chi connectivity index (χ2v) is 5.57. The number of rotatable bonds is 7. The summed E-state index contributed by atoms with van der Waals surface area (Å²) in [6.45, 7) is 2.27. The lowest BCUT2D eigenvalue weighted by molar-refractivity contribution is -0.135. The number of unbranched alkanes of at least 4 members (excludes halogenated alkanes) is 4. The van der Waals surface area contributed by atoms with Gasteiger partial charge in [-0.3, -0.25) is 20.4 Å². The van der Waals surface area contributed by atoms with Gasteiger partial charge in [0.2, 0.25) is 12.0 Å². The standard InChI is InChI=1S/C17H24N2O4/c1-2-3-4-5-6-11-16(20)18-19-17(21)15-12-22-13-9-7-8-10-14(13)23-15/h7-10,15H,2-6,11-12H2,1H3,(H,18,20)(H,19,21). The van der Waals surface area contributed by atoms with Crippen molar-refractivity contribution in [1.29, 1.82) is 0 Å². The van der Waals surface area contributed by atoms with Crippen molar-refractivity contribution in [2.45, 2.75) is 51.6 Å². The van der Waals surface area contributed by atoms with Crippen LogP contribution in [0.2, 0.25) is 0 Å². The minimum Gasteiger partial charge on any atom is -0.485 e. The highest BCUT2D eigenvalue weighted by Gasteiger charge is 2.27. The smallest absolute Gasteiger partial charge is 0.283 e. The molecule has 2 amide bonds. The SMILES string of the molecule is CCCCCCCC(=O)NNC(=O)C1COc2ccccc2O1. The molecule has 2 rings (SSSR count). The van der Waals surface area contributed by atoms with Crippen molar-refractivity contribution in [3.8, 4) is 11.5 Å². The van der Waals surface area contributed by atoms with E-state index >= 15 is 0 Å². The van der Waals surface area contributed by atoms with Gasteiger partial charge in [0.05, 0.1) is 0 Å². The van der Waals surface area contributed by atoms with Gasteiger partial charge < -0.3 is 9.47 Å².